The Morgan fingerprint density at radius 2 is 2.13 bits per heavy atom. The number of aromatic nitrogens is 2. The molecular weight excluding hydrogens is 292 g/mol. The lowest BCUT2D eigenvalue weighted by Crippen LogP contribution is -2.37. The van der Waals surface area contributed by atoms with E-state index in [1.54, 1.807) is 0 Å². The van der Waals surface area contributed by atoms with Crippen molar-refractivity contribution in [1.82, 2.24) is 15.3 Å². The fourth-order valence-electron chi connectivity index (χ4n) is 2.66. The zero-order valence-corrected chi connectivity index (χ0v) is 15.1. The molecule has 6 nitrogen and oxygen atoms in total. The first-order chi connectivity index (χ1) is 10.6. The normalized spacial score (nSPS) is 15.9. The lowest BCUT2D eigenvalue weighted by Gasteiger charge is -2.22. The van der Waals surface area contributed by atoms with Crippen molar-refractivity contribution in [2.45, 2.75) is 58.5 Å². The highest BCUT2D eigenvalue weighted by Crippen LogP contribution is 2.36. The lowest BCUT2D eigenvalue weighted by molar-refractivity contribution is 0.0529. The summed E-state index contributed by atoms with van der Waals surface area (Å²) in [7, 11) is 1.93. The fraction of sp³-hybridized carbons (Fsp3) is 0.706. The van der Waals surface area contributed by atoms with Crippen LogP contribution in [0.3, 0.4) is 0 Å². The molecule has 0 aliphatic heterocycles. The molecule has 1 aliphatic carbocycles. The van der Waals surface area contributed by atoms with Gasteiger partial charge in [0.2, 0.25) is 5.95 Å². The first-order valence-electron chi connectivity index (χ1n) is 8.13. The largest absolute Gasteiger partial charge is 0.444 e. The molecule has 1 amide bonds. The number of carbonyl (C=O) groups is 1. The van der Waals surface area contributed by atoms with E-state index in [9.17, 15) is 4.79 Å². The molecule has 0 spiro atoms. The van der Waals surface area contributed by atoms with Crippen LogP contribution in [-0.4, -0.2) is 41.8 Å². The first kappa shape index (κ1) is 17.5. The van der Waals surface area contributed by atoms with E-state index in [1.165, 1.54) is 5.56 Å². The van der Waals surface area contributed by atoms with Gasteiger partial charge in [0.05, 0.1) is 5.69 Å². The van der Waals surface area contributed by atoms with Crippen molar-refractivity contribution in [2.75, 3.05) is 25.0 Å². The van der Waals surface area contributed by atoms with Crippen molar-refractivity contribution < 1.29 is 9.53 Å². The molecule has 0 atom stereocenters. The molecular formula is C17H28N4O2. The zero-order chi connectivity index (χ0) is 17.3. The molecule has 0 unspecified atom stereocenters. The van der Waals surface area contributed by atoms with E-state index in [-0.39, 0.29) is 5.41 Å². The summed E-state index contributed by atoms with van der Waals surface area (Å²) in [5, 5.41) is 2.75. The topological polar surface area (TPSA) is 67.4 Å². The Balaban J connectivity index is 1.90. The highest BCUT2D eigenvalue weighted by molar-refractivity contribution is 5.67. The monoisotopic (exact) mass is 320 g/mol. The van der Waals surface area contributed by atoms with E-state index >= 15 is 0 Å². The summed E-state index contributed by atoms with van der Waals surface area (Å²) in [5.74, 6) is 0.699. The maximum atomic E-state index is 11.6. The minimum absolute atomic E-state index is 0.114. The smallest absolute Gasteiger partial charge is 0.407 e. The molecule has 0 radical (unpaired) electrons. The van der Waals surface area contributed by atoms with Crippen molar-refractivity contribution in [3.8, 4) is 0 Å². The van der Waals surface area contributed by atoms with Gasteiger partial charge >= 0.3 is 6.09 Å². The van der Waals surface area contributed by atoms with Crippen LogP contribution in [0.4, 0.5) is 10.7 Å². The van der Waals surface area contributed by atoms with Crippen LogP contribution in [0.25, 0.3) is 0 Å². The van der Waals surface area contributed by atoms with Gasteiger partial charge < -0.3 is 15.0 Å². The number of amides is 1. The molecule has 0 bridgehead atoms. The predicted molar refractivity (Wildman–Crippen MR) is 90.9 cm³/mol. The highest BCUT2D eigenvalue weighted by atomic mass is 16.6. The Hall–Kier alpha value is -1.85. The van der Waals surface area contributed by atoms with Gasteiger partial charge in [-0.3, -0.25) is 0 Å². The molecule has 0 saturated carbocycles. The van der Waals surface area contributed by atoms with E-state index < -0.39 is 11.7 Å². The van der Waals surface area contributed by atoms with Crippen molar-refractivity contribution in [2.24, 2.45) is 0 Å². The van der Waals surface area contributed by atoms with Gasteiger partial charge in [0, 0.05) is 31.7 Å². The van der Waals surface area contributed by atoms with Gasteiger partial charge in [-0.2, -0.15) is 0 Å². The third-order valence-electron chi connectivity index (χ3n) is 3.97. The van der Waals surface area contributed by atoms with Crippen molar-refractivity contribution in [3.05, 3.63) is 17.5 Å². The van der Waals surface area contributed by atoms with E-state index in [1.807, 2.05) is 38.9 Å². The predicted octanol–water partition coefficient (Wildman–Crippen LogP) is 2.66. The molecule has 1 heterocycles. The van der Waals surface area contributed by atoms with Crippen LogP contribution in [0.5, 0.6) is 0 Å². The number of likely N-dealkylation sites (N-methyl/N-ethyl adjacent to an activating group) is 1. The second kappa shape index (κ2) is 6.34. The van der Waals surface area contributed by atoms with Gasteiger partial charge in [0.1, 0.15) is 5.60 Å². The summed E-state index contributed by atoms with van der Waals surface area (Å²) in [5.41, 5.74) is 2.03. The SMILES string of the molecule is CN(CCNC(=O)OC(C)(C)C)c1ncc2c(n1)C(C)(C)CC2. The van der Waals surface area contributed by atoms with Crippen molar-refractivity contribution >= 4 is 12.0 Å². The number of nitrogens with zero attached hydrogens (tertiary/aromatic N) is 3. The third kappa shape index (κ3) is 4.56. The lowest BCUT2D eigenvalue weighted by atomic mass is 9.91. The van der Waals surface area contributed by atoms with Crippen LogP contribution < -0.4 is 10.2 Å². The standard InChI is InChI=1S/C17H28N4O2/c1-16(2,3)23-15(22)18-9-10-21(6)14-19-11-12-7-8-17(4,5)13(12)20-14/h11H,7-10H2,1-6H3,(H,18,22). The van der Waals surface area contributed by atoms with Crippen LogP contribution in [0.15, 0.2) is 6.20 Å². The molecule has 6 heteroatoms. The molecule has 128 valence electrons. The molecule has 2 rings (SSSR count). The van der Waals surface area contributed by atoms with Gasteiger partial charge in [0.25, 0.3) is 0 Å². The summed E-state index contributed by atoms with van der Waals surface area (Å²) in [4.78, 5) is 22.8. The van der Waals surface area contributed by atoms with E-state index in [0.29, 0.717) is 19.0 Å². The maximum Gasteiger partial charge on any atom is 0.407 e. The number of rotatable bonds is 4. The molecule has 23 heavy (non-hydrogen) atoms. The van der Waals surface area contributed by atoms with Gasteiger partial charge in [-0.1, -0.05) is 13.8 Å². The summed E-state index contributed by atoms with van der Waals surface area (Å²) in [6.45, 7) is 11.1. The molecule has 0 fully saturated rings. The number of alkyl carbamates (subject to hydrolysis) is 1. The quantitative estimate of drug-likeness (QED) is 0.924. The fourth-order valence-corrected chi connectivity index (χ4v) is 2.66. The third-order valence-corrected chi connectivity index (χ3v) is 3.97. The average Bonchev–Trinajstić information content (AvgIpc) is 2.72. The van der Waals surface area contributed by atoms with E-state index in [0.717, 1.165) is 18.5 Å². The van der Waals surface area contributed by atoms with Gasteiger partial charge in [0.15, 0.2) is 0 Å². The first-order valence-corrected chi connectivity index (χ1v) is 8.13. The van der Waals surface area contributed by atoms with Gasteiger partial charge in [-0.05, 0) is 39.2 Å². The van der Waals surface area contributed by atoms with Crippen LogP contribution >= 0.6 is 0 Å². The van der Waals surface area contributed by atoms with E-state index in [4.69, 9.17) is 9.72 Å². The van der Waals surface area contributed by atoms with Crippen molar-refractivity contribution in [3.63, 3.8) is 0 Å². The van der Waals surface area contributed by atoms with Crippen LogP contribution in [0.2, 0.25) is 0 Å². The number of aryl methyl sites for hydroxylation is 1. The second-order valence-electron chi connectivity index (χ2n) is 7.78. The molecule has 0 aromatic carbocycles. The average molecular weight is 320 g/mol. The number of ether oxygens (including phenoxy) is 1. The number of anilines is 1. The summed E-state index contributed by atoms with van der Waals surface area (Å²) < 4.78 is 5.21. The number of fused-ring (bicyclic) bond motifs is 1. The Labute approximate surface area is 138 Å². The minimum atomic E-state index is -0.481. The summed E-state index contributed by atoms with van der Waals surface area (Å²) >= 11 is 0. The Morgan fingerprint density at radius 1 is 1.43 bits per heavy atom. The molecule has 1 aromatic heterocycles. The maximum absolute atomic E-state index is 11.6. The Kier molecular flexibility index (Phi) is 4.82. The number of carbonyl (C=O) groups excluding carboxylic acids is 1. The second-order valence-corrected chi connectivity index (χ2v) is 7.78. The Bertz CT molecular complexity index is 578. The summed E-state index contributed by atoms with van der Waals surface area (Å²) in [6, 6.07) is 0. The van der Waals surface area contributed by atoms with E-state index in [2.05, 4.69) is 24.1 Å². The molecule has 1 aromatic rings. The van der Waals surface area contributed by atoms with Crippen LogP contribution in [-0.2, 0) is 16.6 Å². The van der Waals surface area contributed by atoms with Gasteiger partial charge in [-0.25, -0.2) is 14.8 Å². The molecule has 1 N–H and O–H groups in total. The zero-order valence-electron chi connectivity index (χ0n) is 15.1. The minimum Gasteiger partial charge on any atom is -0.444 e. The van der Waals surface area contributed by atoms with Gasteiger partial charge in [-0.15, -0.1) is 0 Å². The molecule has 1 aliphatic rings. The molecule has 0 saturated heterocycles. The van der Waals surface area contributed by atoms with Crippen molar-refractivity contribution in [1.29, 1.82) is 0 Å². The van der Waals surface area contributed by atoms with Crippen LogP contribution in [0.1, 0.15) is 52.3 Å². The number of nitrogens with one attached hydrogen (secondary N) is 1. The van der Waals surface area contributed by atoms with Crippen LogP contribution in [0, 0.1) is 0 Å². The number of hydrogen-bond acceptors (Lipinski definition) is 5. The Morgan fingerprint density at radius 3 is 2.78 bits per heavy atom. The highest BCUT2D eigenvalue weighted by Gasteiger charge is 2.32. The number of hydrogen-bond donors (Lipinski definition) is 1. The summed E-state index contributed by atoms with van der Waals surface area (Å²) in [6.07, 6.45) is 3.70.